The van der Waals surface area contributed by atoms with E-state index in [0.717, 1.165) is 36.8 Å². The molecule has 0 unspecified atom stereocenters. The van der Waals surface area contributed by atoms with Gasteiger partial charge in [-0.2, -0.15) is 25.3 Å². The molecule has 10 nitrogen and oxygen atoms in total. The van der Waals surface area contributed by atoms with Crippen LogP contribution in [-0.4, -0.2) is 63.3 Å². The zero-order chi connectivity index (χ0) is 26.8. The minimum absolute atomic E-state index is 0.217. The van der Waals surface area contributed by atoms with Crippen molar-refractivity contribution in [3.05, 3.63) is 23.3 Å². The van der Waals surface area contributed by atoms with Gasteiger partial charge in [0.05, 0.1) is 25.2 Å². The summed E-state index contributed by atoms with van der Waals surface area (Å²) < 4.78 is 11.8. The standard InChI is InChI=1S/C24H44N6O4S2/c25-7-3-1-5-19(27)23(31)29-9-11-33-21-13-17(15-35)18(16-36)14-22(21)34-12-10-30-24(32)20(28)6-2-4-8-26/h13-14,19-20,35-36H,1-12,15-16,25-28H2,(H,29,31)(H,30,32)/t19-,20-/m0/s1. The molecule has 0 aliphatic heterocycles. The van der Waals surface area contributed by atoms with Gasteiger partial charge in [0.15, 0.2) is 11.5 Å². The van der Waals surface area contributed by atoms with E-state index in [1.54, 1.807) is 0 Å². The van der Waals surface area contributed by atoms with Gasteiger partial charge in [0, 0.05) is 11.5 Å². The number of nitrogens with two attached hydrogens (primary N) is 4. The first kappa shape index (κ1) is 32.3. The maximum absolute atomic E-state index is 12.1. The summed E-state index contributed by atoms with van der Waals surface area (Å²) in [5.74, 6) is 1.64. The highest BCUT2D eigenvalue weighted by molar-refractivity contribution is 7.79. The van der Waals surface area contributed by atoms with Crippen LogP contribution >= 0.6 is 25.3 Å². The number of unbranched alkanes of at least 4 members (excludes halogenated alkanes) is 2. The van der Waals surface area contributed by atoms with Crippen molar-refractivity contribution >= 4 is 37.1 Å². The van der Waals surface area contributed by atoms with Gasteiger partial charge >= 0.3 is 0 Å². The van der Waals surface area contributed by atoms with E-state index in [1.807, 2.05) is 12.1 Å². The van der Waals surface area contributed by atoms with Crippen LogP contribution in [0.4, 0.5) is 0 Å². The largest absolute Gasteiger partial charge is 0.488 e. The summed E-state index contributed by atoms with van der Waals surface area (Å²) in [6.07, 6.45) is 4.49. The van der Waals surface area contributed by atoms with Crippen LogP contribution in [0.1, 0.15) is 49.7 Å². The van der Waals surface area contributed by atoms with Crippen LogP contribution in [0, 0.1) is 0 Å². The van der Waals surface area contributed by atoms with Gasteiger partial charge < -0.3 is 43.0 Å². The highest BCUT2D eigenvalue weighted by atomic mass is 32.1. The molecular weight excluding hydrogens is 500 g/mol. The van der Waals surface area contributed by atoms with Crippen LogP contribution in [-0.2, 0) is 21.1 Å². The van der Waals surface area contributed by atoms with Crippen LogP contribution in [0.5, 0.6) is 11.5 Å². The van der Waals surface area contributed by atoms with E-state index in [9.17, 15) is 9.59 Å². The summed E-state index contributed by atoms with van der Waals surface area (Å²) in [7, 11) is 0. The van der Waals surface area contributed by atoms with E-state index in [4.69, 9.17) is 32.4 Å². The molecule has 0 saturated carbocycles. The average Bonchev–Trinajstić information content (AvgIpc) is 2.88. The summed E-state index contributed by atoms with van der Waals surface area (Å²) >= 11 is 8.78. The quantitative estimate of drug-likeness (QED) is 0.0860. The number of ether oxygens (including phenoxy) is 2. The third-order valence-corrected chi connectivity index (χ3v) is 6.22. The molecule has 0 fully saturated rings. The second-order valence-electron chi connectivity index (χ2n) is 8.44. The molecule has 10 N–H and O–H groups in total. The number of amides is 2. The molecule has 0 saturated heterocycles. The summed E-state index contributed by atoms with van der Waals surface area (Å²) in [5.41, 5.74) is 24.7. The monoisotopic (exact) mass is 544 g/mol. The van der Waals surface area contributed by atoms with Gasteiger partial charge in [0.1, 0.15) is 13.2 Å². The van der Waals surface area contributed by atoms with Gasteiger partial charge in [-0.15, -0.1) is 0 Å². The third-order valence-electron chi connectivity index (χ3n) is 5.54. The van der Waals surface area contributed by atoms with Crippen LogP contribution in [0.25, 0.3) is 0 Å². The molecule has 0 radical (unpaired) electrons. The maximum Gasteiger partial charge on any atom is 0.237 e. The number of nitrogens with one attached hydrogen (secondary N) is 2. The Kier molecular flexibility index (Phi) is 17.4. The predicted molar refractivity (Wildman–Crippen MR) is 151 cm³/mol. The van der Waals surface area contributed by atoms with Crippen molar-refractivity contribution in [2.24, 2.45) is 22.9 Å². The lowest BCUT2D eigenvalue weighted by Crippen LogP contribution is -2.42. The highest BCUT2D eigenvalue weighted by Crippen LogP contribution is 2.32. The van der Waals surface area contributed by atoms with Crippen LogP contribution in [0.2, 0.25) is 0 Å². The van der Waals surface area contributed by atoms with Crippen molar-refractivity contribution in [1.82, 2.24) is 10.6 Å². The third kappa shape index (κ3) is 12.5. The van der Waals surface area contributed by atoms with Crippen molar-refractivity contribution in [3.8, 4) is 11.5 Å². The number of benzene rings is 1. The van der Waals surface area contributed by atoms with E-state index in [0.29, 0.717) is 62.0 Å². The molecule has 0 aliphatic carbocycles. The fraction of sp³-hybridized carbons (Fsp3) is 0.667. The zero-order valence-corrected chi connectivity index (χ0v) is 22.8. The SMILES string of the molecule is NCCCC[C@H](N)C(=O)NCCOc1cc(CS)c(CS)cc1OCCNC(=O)[C@@H](N)CCCCN. The van der Waals surface area contributed by atoms with Gasteiger partial charge in [0.2, 0.25) is 11.8 Å². The summed E-state index contributed by atoms with van der Waals surface area (Å²) in [6, 6.07) is 2.59. The van der Waals surface area contributed by atoms with Crippen molar-refractivity contribution < 1.29 is 19.1 Å². The fourth-order valence-corrected chi connectivity index (χ4v) is 3.96. The first-order chi connectivity index (χ1) is 17.4. The number of carbonyl (C=O) groups is 2. The number of rotatable bonds is 20. The number of hydrogen-bond donors (Lipinski definition) is 8. The minimum atomic E-state index is -0.565. The Morgan fingerprint density at radius 2 is 1.14 bits per heavy atom. The van der Waals surface area contributed by atoms with Gasteiger partial charge in [0.25, 0.3) is 0 Å². The van der Waals surface area contributed by atoms with Crippen molar-refractivity contribution in [2.75, 3.05) is 39.4 Å². The molecule has 1 aromatic carbocycles. The Labute approximate surface area is 225 Å². The number of carbonyl (C=O) groups excluding carboxylic acids is 2. The van der Waals surface area contributed by atoms with Crippen LogP contribution in [0.3, 0.4) is 0 Å². The summed E-state index contributed by atoms with van der Waals surface area (Å²) in [4.78, 5) is 24.3. The van der Waals surface area contributed by atoms with Crippen molar-refractivity contribution in [3.63, 3.8) is 0 Å². The molecule has 2 atom stereocenters. The molecule has 0 aromatic heterocycles. The molecule has 0 bridgehead atoms. The Morgan fingerprint density at radius 3 is 1.47 bits per heavy atom. The van der Waals surface area contributed by atoms with Gasteiger partial charge in [-0.3, -0.25) is 9.59 Å². The highest BCUT2D eigenvalue weighted by Gasteiger charge is 2.15. The van der Waals surface area contributed by atoms with E-state index < -0.39 is 12.1 Å². The second-order valence-corrected chi connectivity index (χ2v) is 9.08. The molecule has 12 heteroatoms. The Balaban J connectivity index is 2.60. The minimum Gasteiger partial charge on any atom is -0.488 e. The Bertz CT molecular complexity index is 724. The molecule has 2 amide bonds. The molecule has 1 rings (SSSR count). The normalized spacial score (nSPS) is 12.6. The fourth-order valence-electron chi connectivity index (χ4n) is 3.38. The number of thiol groups is 2. The zero-order valence-electron chi connectivity index (χ0n) is 21.0. The Morgan fingerprint density at radius 1 is 0.750 bits per heavy atom. The topological polar surface area (TPSA) is 181 Å². The first-order valence-corrected chi connectivity index (χ1v) is 13.7. The van der Waals surface area contributed by atoms with E-state index in [-0.39, 0.29) is 25.0 Å². The average molecular weight is 545 g/mol. The molecule has 1 aromatic rings. The maximum atomic E-state index is 12.1. The first-order valence-electron chi connectivity index (χ1n) is 12.5. The van der Waals surface area contributed by atoms with Crippen molar-refractivity contribution in [1.29, 1.82) is 0 Å². The van der Waals surface area contributed by atoms with E-state index in [2.05, 4.69) is 35.9 Å². The number of hydrogen-bond acceptors (Lipinski definition) is 10. The summed E-state index contributed by atoms with van der Waals surface area (Å²) in [6.45, 7) is 2.23. The van der Waals surface area contributed by atoms with Gasteiger partial charge in [-0.05, 0) is 62.0 Å². The van der Waals surface area contributed by atoms with Gasteiger partial charge in [-0.25, -0.2) is 0 Å². The predicted octanol–water partition coefficient (Wildman–Crippen LogP) is 0.449. The molecular formula is C24H44N6O4S2. The molecule has 0 heterocycles. The van der Waals surface area contributed by atoms with E-state index in [1.165, 1.54) is 0 Å². The van der Waals surface area contributed by atoms with Crippen molar-refractivity contribution in [2.45, 2.75) is 62.1 Å². The van der Waals surface area contributed by atoms with Crippen LogP contribution < -0.4 is 43.0 Å². The van der Waals surface area contributed by atoms with Crippen LogP contribution in [0.15, 0.2) is 12.1 Å². The smallest absolute Gasteiger partial charge is 0.237 e. The molecule has 0 spiro atoms. The summed E-state index contributed by atoms with van der Waals surface area (Å²) in [5, 5.41) is 5.58. The molecule has 0 aliphatic rings. The Hall–Kier alpha value is -1.70. The van der Waals surface area contributed by atoms with E-state index >= 15 is 0 Å². The molecule has 206 valence electrons. The molecule has 36 heavy (non-hydrogen) atoms. The lowest BCUT2D eigenvalue weighted by Gasteiger charge is -2.18. The lowest BCUT2D eigenvalue weighted by atomic mass is 10.1. The van der Waals surface area contributed by atoms with Gasteiger partial charge in [-0.1, -0.05) is 12.8 Å². The second kappa shape index (κ2) is 19.4. The lowest BCUT2D eigenvalue weighted by molar-refractivity contribution is -0.123.